The Morgan fingerprint density at radius 1 is 1.67 bits per heavy atom. The Kier molecular flexibility index (Phi) is 3.88. The van der Waals surface area contributed by atoms with Gasteiger partial charge >= 0.3 is 0 Å². The molecule has 0 bridgehead atoms. The summed E-state index contributed by atoms with van der Waals surface area (Å²) in [6.07, 6.45) is 1.60. The summed E-state index contributed by atoms with van der Waals surface area (Å²) in [7, 11) is 5.26. The average Bonchev–Trinajstić information content (AvgIpc) is 1.83. The molecule has 54 valence electrons. The third kappa shape index (κ3) is 5.17. The largest absolute Gasteiger partial charge is 0.481 e. The second-order valence-corrected chi connectivity index (χ2v) is 2.01. The minimum atomic E-state index is -0.0244. The quantitative estimate of drug-likeness (QED) is 0.569. The van der Waals surface area contributed by atoms with Gasteiger partial charge in [0.25, 0.3) is 5.95 Å². The van der Waals surface area contributed by atoms with Gasteiger partial charge in [-0.1, -0.05) is 0 Å². The van der Waals surface area contributed by atoms with Gasteiger partial charge in [-0.15, -0.1) is 0 Å². The number of hydrogen-bond donors (Lipinski definition) is 1. The van der Waals surface area contributed by atoms with Crippen LogP contribution < -0.4 is 0 Å². The number of methoxy groups -OCH3 is 1. The highest BCUT2D eigenvalue weighted by molar-refractivity contribution is 4.82. The van der Waals surface area contributed by atoms with Gasteiger partial charge in [-0.05, 0) is 14.1 Å². The highest BCUT2D eigenvalue weighted by atomic mass is 16.6. The van der Waals surface area contributed by atoms with Crippen LogP contribution in [0.15, 0.2) is 12.0 Å². The molecule has 0 saturated carbocycles. The van der Waals surface area contributed by atoms with Crippen molar-refractivity contribution in [3.8, 4) is 0 Å². The van der Waals surface area contributed by atoms with Crippen molar-refractivity contribution < 1.29 is 9.84 Å². The zero-order chi connectivity index (χ0) is 7.28. The van der Waals surface area contributed by atoms with Crippen LogP contribution in [0.3, 0.4) is 0 Å². The molecule has 3 nitrogen and oxygen atoms in total. The first-order chi connectivity index (χ1) is 4.16. The molecule has 0 rings (SSSR count). The summed E-state index contributed by atoms with van der Waals surface area (Å²) < 4.78 is 4.49. The maximum absolute atomic E-state index is 8.72. The molecule has 0 aromatic heterocycles. The Balaban J connectivity index is 3.43. The summed E-state index contributed by atoms with van der Waals surface area (Å²) in [6.45, 7) is 0.694. The Morgan fingerprint density at radius 2 is 2.22 bits per heavy atom. The highest BCUT2D eigenvalue weighted by Crippen LogP contribution is 1.87. The van der Waals surface area contributed by atoms with Crippen molar-refractivity contribution in [2.45, 2.75) is 0 Å². The number of aliphatic hydroxyl groups is 1. The molecule has 0 aromatic carbocycles. The van der Waals surface area contributed by atoms with Gasteiger partial charge in [0, 0.05) is 12.6 Å². The zero-order valence-electron chi connectivity index (χ0n) is 6.09. The lowest BCUT2D eigenvalue weighted by atomic mass is 10.5. The van der Waals surface area contributed by atoms with E-state index in [9.17, 15) is 0 Å². The number of likely N-dealkylation sites (N-methyl/N-ethyl adjacent to an activating group) is 1. The van der Waals surface area contributed by atoms with Crippen LogP contribution in [0.4, 0.5) is 0 Å². The summed E-state index contributed by atoms with van der Waals surface area (Å²) in [5, 5.41) is 8.72. The zero-order valence-corrected chi connectivity index (χ0v) is 6.09. The van der Waals surface area contributed by atoms with E-state index in [0.29, 0.717) is 6.54 Å². The topological polar surface area (TPSA) is 32.7 Å². The number of hydrogen-bond acceptors (Lipinski definition) is 3. The second-order valence-electron chi connectivity index (χ2n) is 2.01. The molecule has 0 amide bonds. The standard InChI is InChI=1S/C6H13NO2/c1-7(2)5-4-6(8)9-3/h4,8H,5H2,1-3H3/b6-4-. The van der Waals surface area contributed by atoms with Crippen molar-refractivity contribution >= 4 is 0 Å². The molecule has 0 aliphatic heterocycles. The maximum atomic E-state index is 8.72. The molecule has 0 heterocycles. The normalized spacial score (nSPS) is 12.2. The van der Waals surface area contributed by atoms with Gasteiger partial charge in [0.1, 0.15) is 0 Å². The van der Waals surface area contributed by atoms with Crippen LogP contribution in [0.2, 0.25) is 0 Å². The van der Waals surface area contributed by atoms with Crippen molar-refractivity contribution in [1.29, 1.82) is 0 Å². The minimum Gasteiger partial charge on any atom is -0.481 e. The first-order valence-electron chi connectivity index (χ1n) is 2.74. The molecule has 0 aliphatic carbocycles. The number of rotatable bonds is 3. The summed E-state index contributed by atoms with van der Waals surface area (Å²) in [6, 6.07) is 0. The molecule has 0 aliphatic rings. The summed E-state index contributed by atoms with van der Waals surface area (Å²) in [5.74, 6) is -0.0244. The van der Waals surface area contributed by atoms with Crippen LogP contribution in [0.1, 0.15) is 0 Å². The second kappa shape index (κ2) is 4.21. The molecular weight excluding hydrogens is 118 g/mol. The molecule has 9 heavy (non-hydrogen) atoms. The Labute approximate surface area is 55.5 Å². The Morgan fingerprint density at radius 3 is 2.56 bits per heavy atom. The van der Waals surface area contributed by atoms with E-state index in [4.69, 9.17) is 5.11 Å². The third-order valence-corrected chi connectivity index (χ3v) is 0.840. The van der Waals surface area contributed by atoms with E-state index in [-0.39, 0.29) is 5.95 Å². The van der Waals surface area contributed by atoms with Crippen LogP contribution in [-0.4, -0.2) is 37.8 Å². The number of nitrogens with zero attached hydrogens (tertiary/aromatic N) is 1. The van der Waals surface area contributed by atoms with Gasteiger partial charge in [-0.25, -0.2) is 0 Å². The lowest BCUT2D eigenvalue weighted by Crippen LogP contribution is -2.11. The van der Waals surface area contributed by atoms with Crippen molar-refractivity contribution in [3.63, 3.8) is 0 Å². The van der Waals surface area contributed by atoms with E-state index >= 15 is 0 Å². The van der Waals surface area contributed by atoms with Gasteiger partial charge < -0.3 is 14.7 Å². The molecule has 0 fully saturated rings. The summed E-state index contributed by atoms with van der Waals surface area (Å²) in [4.78, 5) is 1.93. The summed E-state index contributed by atoms with van der Waals surface area (Å²) in [5.41, 5.74) is 0. The van der Waals surface area contributed by atoms with Crippen LogP contribution >= 0.6 is 0 Å². The maximum Gasteiger partial charge on any atom is 0.273 e. The van der Waals surface area contributed by atoms with Crippen LogP contribution in [0, 0.1) is 0 Å². The lowest BCUT2D eigenvalue weighted by molar-refractivity contribution is 0.133. The van der Waals surface area contributed by atoms with Crippen LogP contribution in [0.5, 0.6) is 0 Å². The minimum absolute atomic E-state index is 0.0244. The van der Waals surface area contributed by atoms with E-state index in [1.165, 1.54) is 7.11 Å². The van der Waals surface area contributed by atoms with Crippen molar-refractivity contribution in [3.05, 3.63) is 12.0 Å². The Bertz CT molecular complexity index is 99.2. The average molecular weight is 131 g/mol. The molecule has 0 saturated heterocycles. The fourth-order valence-electron chi connectivity index (χ4n) is 0.344. The van der Waals surface area contributed by atoms with Crippen molar-refractivity contribution in [1.82, 2.24) is 4.90 Å². The first-order valence-corrected chi connectivity index (χ1v) is 2.74. The third-order valence-electron chi connectivity index (χ3n) is 0.840. The molecule has 0 aromatic rings. The molecule has 0 radical (unpaired) electrons. The van der Waals surface area contributed by atoms with Crippen LogP contribution in [0.25, 0.3) is 0 Å². The van der Waals surface area contributed by atoms with Crippen LogP contribution in [-0.2, 0) is 4.74 Å². The van der Waals surface area contributed by atoms with E-state index in [2.05, 4.69) is 4.74 Å². The predicted molar refractivity (Wildman–Crippen MR) is 36.3 cm³/mol. The van der Waals surface area contributed by atoms with Gasteiger partial charge in [0.15, 0.2) is 0 Å². The molecule has 3 heteroatoms. The summed E-state index contributed by atoms with van der Waals surface area (Å²) >= 11 is 0. The lowest BCUT2D eigenvalue weighted by Gasteiger charge is -2.04. The Hall–Kier alpha value is -0.700. The molecule has 0 spiro atoms. The van der Waals surface area contributed by atoms with Gasteiger partial charge in [0.05, 0.1) is 7.11 Å². The van der Waals surface area contributed by atoms with E-state index < -0.39 is 0 Å². The van der Waals surface area contributed by atoms with E-state index in [0.717, 1.165) is 0 Å². The molecule has 0 atom stereocenters. The molecular formula is C6H13NO2. The van der Waals surface area contributed by atoms with Gasteiger partial charge in [0.2, 0.25) is 0 Å². The number of ether oxygens (including phenoxy) is 1. The van der Waals surface area contributed by atoms with E-state index in [1.54, 1.807) is 6.08 Å². The molecule has 1 N–H and O–H groups in total. The highest BCUT2D eigenvalue weighted by Gasteiger charge is 1.88. The smallest absolute Gasteiger partial charge is 0.273 e. The number of aliphatic hydroxyl groups excluding tert-OH is 1. The van der Waals surface area contributed by atoms with Crippen molar-refractivity contribution in [2.24, 2.45) is 0 Å². The van der Waals surface area contributed by atoms with E-state index in [1.807, 2.05) is 19.0 Å². The monoisotopic (exact) mass is 131 g/mol. The first kappa shape index (κ1) is 8.30. The van der Waals surface area contributed by atoms with Crippen molar-refractivity contribution in [2.75, 3.05) is 27.7 Å². The fourth-order valence-corrected chi connectivity index (χ4v) is 0.344. The molecule has 0 unspecified atom stereocenters. The fraction of sp³-hybridized carbons (Fsp3) is 0.667. The van der Waals surface area contributed by atoms with Gasteiger partial charge in [-0.3, -0.25) is 0 Å². The predicted octanol–water partition coefficient (Wildman–Crippen LogP) is 0.594. The SMILES string of the molecule is CO/C(O)=C\CN(C)C. The van der Waals surface area contributed by atoms with Gasteiger partial charge in [-0.2, -0.15) is 0 Å².